The lowest BCUT2D eigenvalue weighted by molar-refractivity contribution is 0.0898. The zero-order valence-electron chi connectivity index (χ0n) is 14.5. The van der Waals surface area contributed by atoms with Crippen LogP contribution in [0.5, 0.6) is 0 Å². The molecule has 1 heterocycles. The van der Waals surface area contributed by atoms with Gasteiger partial charge < -0.3 is 15.2 Å². The van der Waals surface area contributed by atoms with Crippen molar-refractivity contribution in [1.82, 2.24) is 20.8 Å². The molecule has 8 heteroatoms. The number of carbonyl (C=O) groups excluding carboxylic acids is 2. The zero-order chi connectivity index (χ0) is 19.2. The first kappa shape index (κ1) is 18.6. The molecule has 27 heavy (non-hydrogen) atoms. The lowest BCUT2D eigenvalue weighted by Gasteiger charge is -2.06. The van der Waals surface area contributed by atoms with Crippen molar-refractivity contribution in [2.24, 2.45) is 0 Å². The van der Waals surface area contributed by atoms with Gasteiger partial charge in [0.25, 0.3) is 5.91 Å². The molecule has 0 aliphatic rings. The van der Waals surface area contributed by atoms with Crippen molar-refractivity contribution in [2.45, 2.75) is 6.92 Å². The number of halogens is 1. The van der Waals surface area contributed by atoms with Crippen LogP contribution in [0.15, 0.2) is 53.1 Å². The number of hydrogen-bond acceptors (Lipinski definition) is 5. The molecule has 2 amide bonds. The van der Waals surface area contributed by atoms with Crippen molar-refractivity contribution in [3.63, 3.8) is 0 Å². The highest BCUT2D eigenvalue weighted by Crippen LogP contribution is 2.18. The normalized spacial score (nSPS) is 10.4. The Labute approximate surface area is 160 Å². The van der Waals surface area contributed by atoms with E-state index in [1.165, 1.54) is 0 Å². The van der Waals surface area contributed by atoms with Gasteiger partial charge in [-0.3, -0.25) is 9.59 Å². The van der Waals surface area contributed by atoms with E-state index in [4.69, 9.17) is 16.1 Å². The fraction of sp³-hybridized carbons (Fsp3) is 0.158. The van der Waals surface area contributed by atoms with E-state index >= 15 is 0 Å². The van der Waals surface area contributed by atoms with Gasteiger partial charge in [0, 0.05) is 29.2 Å². The summed E-state index contributed by atoms with van der Waals surface area (Å²) in [7, 11) is 0. The maximum Gasteiger partial charge on any atom is 0.316 e. The Morgan fingerprint density at radius 3 is 2.44 bits per heavy atom. The molecule has 0 aliphatic heterocycles. The number of carbonyl (C=O) groups is 2. The molecule has 0 atom stereocenters. The number of aryl methyl sites for hydroxylation is 1. The fourth-order valence-corrected chi connectivity index (χ4v) is 2.47. The van der Waals surface area contributed by atoms with E-state index in [-0.39, 0.29) is 24.9 Å². The minimum absolute atomic E-state index is 0.148. The third kappa shape index (κ3) is 4.92. The van der Waals surface area contributed by atoms with Gasteiger partial charge in [0.2, 0.25) is 5.82 Å². The molecule has 0 fully saturated rings. The molecule has 138 valence electrons. The maximum atomic E-state index is 12.1. The van der Waals surface area contributed by atoms with Gasteiger partial charge >= 0.3 is 11.8 Å². The Morgan fingerprint density at radius 1 is 1.04 bits per heavy atom. The number of nitrogens with one attached hydrogen (secondary N) is 2. The minimum atomic E-state index is -0.507. The Hall–Kier alpha value is -3.19. The highest BCUT2D eigenvalue weighted by Gasteiger charge is 2.15. The zero-order valence-corrected chi connectivity index (χ0v) is 15.3. The lowest BCUT2D eigenvalue weighted by Crippen LogP contribution is -2.34. The first-order valence-electron chi connectivity index (χ1n) is 8.25. The highest BCUT2D eigenvalue weighted by molar-refractivity contribution is 6.30. The number of aromatic nitrogens is 2. The van der Waals surface area contributed by atoms with Crippen LogP contribution in [0.2, 0.25) is 5.02 Å². The second kappa shape index (κ2) is 8.46. The Morgan fingerprint density at radius 2 is 1.74 bits per heavy atom. The van der Waals surface area contributed by atoms with Gasteiger partial charge in [-0.1, -0.05) is 34.5 Å². The van der Waals surface area contributed by atoms with E-state index in [2.05, 4.69) is 20.8 Å². The molecule has 0 radical (unpaired) electrons. The van der Waals surface area contributed by atoms with Crippen molar-refractivity contribution in [3.8, 4) is 11.4 Å². The quantitative estimate of drug-likeness (QED) is 0.637. The molecule has 3 aromatic rings. The van der Waals surface area contributed by atoms with Gasteiger partial charge in [-0.25, -0.2) is 0 Å². The summed E-state index contributed by atoms with van der Waals surface area (Å²) < 4.78 is 4.98. The van der Waals surface area contributed by atoms with Gasteiger partial charge in [-0.05, 0) is 43.3 Å². The van der Waals surface area contributed by atoms with Crippen LogP contribution in [0.4, 0.5) is 0 Å². The van der Waals surface area contributed by atoms with Crippen LogP contribution >= 0.6 is 11.6 Å². The van der Waals surface area contributed by atoms with Gasteiger partial charge in [0.15, 0.2) is 0 Å². The molecule has 0 saturated carbocycles. The fourth-order valence-electron chi connectivity index (χ4n) is 2.35. The van der Waals surface area contributed by atoms with E-state index in [0.717, 1.165) is 5.56 Å². The molecule has 7 nitrogen and oxygen atoms in total. The Bertz CT molecular complexity index is 954. The molecule has 0 aliphatic carbocycles. The summed E-state index contributed by atoms with van der Waals surface area (Å²) in [5.41, 5.74) is 2.27. The standard InChI is InChI=1S/C19H17ClN4O3/c1-12-3-2-4-14(11-12)17(25)21-9-10-22-18(26)19-23-16(24-27-19)13-5-7-15(20)8-6-13/h2-8,11H,9-10H2,1H3,(H,21,25)(H,22,26). The molecule has 2 aromatic carbocycles. The molecule has 0 saturated heterocycles. The van der Waals surface area contributed by atoms with Crippen molar-refractivity contribution in [2.75, 3.05) is 13.1 Å². The highest BCUT2D eigenvalue weighted by atomic mass is 35.5. The summed E-state index contributed by atoms with van der Waals surface area (Å²) in [4.78, 5) is 28.1. The van der Waals surface area contributed by atoms with Gasteiger partial charge in [0.1, 0.15) is 0 Å². The largest absolute Gasteiger partial charge is 0.350 e. The van der Waals surface area contributed by atoms with E-state index in [0.29, 0.717) is 22.0 Å². The summed E-state index contributed by atoms with van der Waals surface area (Å²) in [5.74, 6) is -0.558. The van der Waals surface area contributed by atoms with Crippen molar-refractivity contribution < 1.29 is 14.1 Å². The predicted octanol–water partition coefficient (Wildman–Crippen LogP) is 2.86. The summed E-state index contributed by atoms with van der Waals surface area (Å²) in [6.07, 6.45) is 0. The second-order valence-corrected chi connectivity index (χ2v) is 6.25. The third-order valence-electron chi connectivity index (χ3n) is 3.70. The first-order chi connectivity index (χ1) is 13.0. The van der Waals surface area contributed by atoms with E-state index in [9.17, 15) is 9.59 Å². The van der Waals surface area contributed by atoms with Crippen LogP contribution in [0.3, 0.4) is 0 Å². The average Bonchev–Trinajstić information content (AvgIpc) is 3.16. The summed E-state index contributed by atoms with van der Waals surface area (Å²) in [6.45, 7) is 2.42. The summed E-state index contributed by atoms with van der Waals surface area (Å²) in [5, 5.41) is 9.73. The number of amides is 2. The number of hydrogen-bond donors (Lipinski definition) is 2. The van der Waals surface area contributed by atoms with Crippen molar-refractivity contribution in [1.29, 1.82) is 0 Å². The molecule has 0 bridgehead atoms. The van der Waals surface area contributed by atoms with Gasteiger partial charge in [0.05, 0.1) is 0 Å². The van der Waals surface area contributed by atoms with Crippen LogP contribution in [0.25, 0.3) is 11.4 Å². The van der Waals surface area contributed by atoms with Crippen LogP contribution < -0.4 is 10.6 Å². The summed E-state index contributed by atoms with van der Waals surface area (Å²) in [6, 6.07) is 14.1. The Balaban J connectivity index is 1.48. The Kier molecular flexibility index (Phi) is 5.83. The van der Waals surface area contributed by atoms with Crippen LogP contribution in [0, 0.1) is 6.92 Å². The van der Waals surface area contributed by atoms with Crippen LogP contribution in [0.1, 0.15) is 26.6 Å². The SMILES string of the molecule is Cc1cccc(C(=O)NCCNC(=O)c2nc(-c3ccc(Cl)cc3)no2)c1. The third-order valence-corrected chi connectivity index (χ3v) is 3.95. The number of rotatable bonds is 6. The van der Waals surface area contributed by atoms with Crippen molar-refractivity contribution >= 4 is 23.4 Å². The van der Waals surface area contributed by atoms with Gasteiger partial charge in [-0.15, -0.1) is 0 Å². The van der Waals surface area contributed by atoms with E-state index in [1.54, 1.807) is 36.4 Å². The molecule has 1 aromatic heterocycles. The second-order valence-electron chi connectivity index (χ2n) is 5.81. The smallest absolute Gasteiger partial charge is 0.316 e. The first-order valence-corrected chi connectivity index (χ1v) is 8.63. The molecular formula is C19H17ClN4O3. The number of benzene rings is 2. The topological polar surface area (TPSA) is 97.1 Å². The lowest BCUT2D eigenvalue weighted by atomic mass is 10.1. The predicted molar refractivity (Wildman–Crippen MR) is 101 cm³/mol. The maximum absolute atomic E-state index is 12.1. The van der Waals surface area contributed by atoms with Crippen molar-refractivity contribution in [3.05, 3.63) is 70.6 Å². The minimum Gasteiger partial charge on any atom is -0.350 e. The average molecular weight is 385 g/mol. The van der Waals surface area contributed by atoms with E-state index in [1.807, 2.05) is 19.1 Å². The molecule has 0 spiro atoms. The summed E-state index contributed by atoms with van der Waals surface area (Å²) >= 11 is 5.84. The monoisotopic (exact) mass is 384 g/mol. The van der Waals surface area contributed by atoms with Crippen LogP contribution in [-0.2, 0) is 0 Å². The van der Waals surface area contributed by atoms with E-state index < -0.39 is 5.91 Å². The molecule has 0 unspecified atom stereocenters. The number of nitrogens with zero attached hydrogens (tertiary/aromatic N) is 2. The van der Waals surface area contributed by atoms with Crippen LogP contribution in [-0.4, -0.2) is 35.0 Å². The molecular weight excluding hydrogens is 368 g/mol. The molecule has 3 rings (SSSR count). The van der Waals surface area contributed by atoms with Gasteiger partial charge in [-0.2, -0.15) is 4.98 Å². The molecule has 2 N–H and O–H groups in total.